The highest BCUT2D eigenvalue weighted by molar-refractivity contribution is 4.73. The van der Waals surface area contributed by atoms with Gasteiger partial charge in [-0.2, -0.15) is 0 Å². The van der Waals surface area contributed by atoms with E-state index in [2.05, 4.69) is 13.5 Å². The molecule has 0 unspecified atom stereocenters. The van der Waals surface area contributed by atoms with Gasteiger partial charge in [-0.15, -0.1) is 0 Å². The zero-order valence-electron chi connectivity index (χ0n) is 9.98. The van der Waals surface area contributed by atoms with Crippen LogP contribution in [0.15, 0.2) is 12.3 Å². The molecule has 0 spiro atoms. The van der Waals surface area contributed by atoms with Crippen molar-refractivity contribution >= 4 is 0 Å². The molecule has 14 heavy (non-hydrogen) atoms. The Balaban J connectivity index is 2.88. The van der Waals surface area contributed by atoms with Crippen molar-refractivity contribution in [1.82, 2.24) is 0 Å². The molecule has 0 amide bonds. The van der Waals surface area contributed by atoms with Crippen LogP contribution in [0, 0.1) is 0 Å². The van der Waals surface area contributed by atoms with Crippen LogP contribution in [-0.2, 0) is 4.74 Å². The molecule has 0 aromatic carbocycles. The normalized spacial score (nSPS) is 10.1. The lowest BCUT2D eigenvalue weighted by Gasteiger charge is -2.04. The summed E-state index contributed by atoms with van der Waals surface area (Å²) in [5.74, 6) is 0.841. The quantitative estimate of drug-likeness (QED) is 0.366. The molecule has 0 aliphatic carbocycles. The number of hydrogen-bond donors (Lipinski definition) is 0. The first-order valence-electron chi connectivity index (χ1n) is 6.05. The van der Waals surface area contributed by atoms with Gasteiger partial charge in [-0.3, -0.25) is 0 Å². The number of hydrogen-bond acceptors (Lipinski definition) is 1. The summed E-state index contributed by atoms with van der Waals surface area (Å²) in [5.41, 5.74) is 0. The van der Waals surface area contributed by atoms with Crippen LogP contribution < -0.4 is 0 Å². The number of allylic oxidation sites excluding steroid dienone is 1. The van der Waals surface area contributed by atoms with Crippen molar-refractivity contribution in [3.63, 3.8) is 0 Å². The predicted octanol–water partition coefficient (Wildman–Crippen LogP) is 4.68. The molecule has 84 valence electrons. The molecule has 0 saturated carbocycles. The van der Waals surface area contributed by atoms with E-state index >= 15 is 0 Å². The van der Waals surface area contributed by atoms with Crippen molar-refractivity contribution in [1.29, 1.82) is 0 Å². The van der Waals surface area contributed by atoms with E-state index in [0.717, 1.165) is 12.4 Å². The van der Waals surface area contributed by atoms with Crippen LogP contribution in [0.5, 0.6) is 0 Å². The number of unbranched alkanes of at least 4 members (excludes halogenated alkanes) is 7. The lowest BCUT2D eigenvalue weighted by molar-refractivity contribution is 0.208. The van der Waals surface area contributed by atoms with E-state index in [0.29, 0.717) is 0 Å². The van der Waals surface area contributed by atoms with E-state index < -0.39 is 0 Å². The fourth-order valence-electron chi connectivity index (χ4n) is 1.48. The van der Waals surface area contributed by atoms with Gasteiger partial charge in [-0.25, -0.2) is 0 Å². The molecule has 0 aliphatic rings. The Morgan fingerprint density at radius 1 is 0.929 bits per heavy atom. The van der Waals surface area contributed by atoms with Crippen molar-refractivity contribution in [3.05, 3.63) is 12.3 Å². The molecule has 0 aliphatic heterocycles. The van der Waals surface area contributed by atoms with Gasteiger partial charge >= 0.3 is 0 Å². The highest BCUT2D eigenvalue weighted by atomic mass is 16.5. The van der Waals surface area contributed by atoms with Crippen molar-refractivity contribution in [2.75, 3.05) is 6.61 Å². The lowest BCUT2D eigenvalue weighted by atomic mass is 10.1. The maximum Gasteiger partial charge on any atom is 0.0876 e. The summed E-state index contributed by atoms with van der Waals surface area (Å²) in [7, 11) is 0. The van der Waals surface area contributed by atoms with Gasteiger partial charge in [0.05, 0.1) is 12.4 Å². The zero-order valence-corrected chi connectivity index (χ0v) is 9.98. The second-order valence-electron chi connectivity index (χ2n) is 4.03. The van der Waals surface area contributed by atoms with Crippen molar-refractivity contribution < 1.29 is 4.74 Å². The zero-order chi connectivity index (χ0) is 10.6. The van der Waals surface area contributed by atoms with Gasteiger partial charge in [0, 0.05) is 0 Å². The first-order valence-corrected chi connectivity index (χ1v) is 6.05. The van der Waals surface area contributed by atoms with E-state index in [1.165, 1.54) is 51.4 Å². The monoisotopic (exact) mass is 198 g/mol. The molecular formula is C13H26O. The maximum atomic E-state index is 5.29. The van der Waals surface area contributed by atoms with Crippen LogP contribution in [-0.4, -0.2) is 6.61 Å². The molecule has 0 aromatic heterocycles. The third kappa shape index (κ3) is 11.5. The summed E-state index contributed by atoms with van der Waals surface area (Å²) in [4.78, 5) is 0. The molecule has 0 fully saturated rings. The molecule has 0 aromatic rings. The van der Waals surface area contributed by atoms with Gasteiger partial charge in [-0.05, 0) is 13.3 Å². The highest BCUT2D eigenvalue weighted by Gasteiger charge is 1.91. The lowest BCUT2D eigenvalue weighted by Crippen LogP contribution is -1.91. The summed E-state index contributed by atoms with van der Waals surface area (Å²) in [5, 5.41) is 0. The molecule has 0 atom stereocenters. The molecular weight excluding hydrogens is 172 g/mol. The summed E-state index contributed by atoms with van der Waals surface area (Å²) in [6, 6.07) is 0. The minimum Gasteiger partial charge on any atom is -0.499 e. The number of rotatable bonds is 10. The van der Waals surface area contributed by atoms with Gasteiger partial charge in [0.25, 0.3) is 0 Å². The molecule has 0 bridgehead atoms. The van der Waals surface area contributed by atoms with Gasteiger partial charge in [0.1, 0.15) is 0 Å². The molecule has 0 saturated heterocycles. The molecule has 0 N–H and O–H groups in total. The molecule has 0 rings (SSSR count). The first-order chi connectivity index (χ1) is 6.77. The summed E-state index contributed by atoms with van der Waals surface area (Å²) >= 11 is 0. The molecule has 1 heteroatoms. The van der Waals surface area contributed by atoms with Crippen LogP contribution >= 0.6 is 0 Å². The predicted molar refractivity (Wildman–Crippen MR) is 63.4 cm³/mol. The fourth-order valence-corrected chi connectivity index (χ4v) is 1.48. The first kappa shape index (κ1) is 13.5. The Morgan fingerprint density at radius 2 is 1.43 bits per heavy atom. The third-order valence-corrected chi connectivity index (χ3v) is 2.35. The Morgan fingerprint density at radius 3 is 1.93 bits per heavy atom. The minimum atomic E-state index is 0.841. The maximum absolute atomic E-state index is 5.29. The van der Waals surface area contributed by atoms with E-state index in [1.807, 2.05) is 6.92 Å². The Bertz CT molecular complexity index is 129. The van der Waals surface area contributed by atoms with Crippen molar-refractivity contribution in [3.8, 4) is 0 Å². The van der Waals surface area contributed by atoms with Crippen LogP contribution in [0.1, 0.15) is 65.2 Å². The average Bonchev–Trinajstić information content (AvgIpc) is 2.15. The Kier molecular flexibility index (Phi) is 10.3. The Hall–Kier alpha value is -0.460. The molecule has 1 nitrogen and oxygen atoms in total. The minimum absolute atomic E-state index is 0.841. The topological polar surface area (TPSA) is 9.23 Å². The van der Waals surface area contributed by atoms with Crippen LogP contribution in [0.25, 0.3) is 0 Å². The second kappa shape index (κ2) is 10.6. The Labute approximate surface area is 89.5 Å². The van der Waals surface area contributed by atoms with E-state index in [9.17, 15) is 0 Å². The van der Waals surface area contributed by atoms with Gasteiger partial charge in [0.2, 0.25) is 0 Å². The van der Waals surface area contributed by atoms with Crippen molar-refractivity contribution in [2.45, 2.75) is 65.2 Å². The van der Waals surface area contributed by atoms with Crippen LogP contribution in [0.3, 0.4) is 0 Å². The average molecular weight is 198 g/mol. The molecule has 0 heterocycles. The largest absolute Gasteiger partial charge is 0.499 e. The molecule has 0 radical (unpaired) electrons. The van der Waals surface area contributed by atoms with E-state index in [1.54, 1.807) is 0 Å². The second-order valence-corrected chi connectivity index (χ2v) is 4.03. The van der Waals surface area contributed by atoms with Crippen molar-refractivity contribution in [2.24, 2.45) is 0 Å². The summed E-state index contributed by atoms with van der Waals surface area (Å²) in [6.45, 7) is 8.72. The smallest absolute Gasteiger partial charge is 0.0876 e. The highest BCUT2D eigenvalue weighted by Crippen LogP contribution is 2.08. The van der Waals surface area contributed by atoms with Gasteiger partial charge < -0.3 is 4.74 Å². The standard InChI is InChI=1S/C13H26O/c1-4-5-6-7-8-9-10-11-12-14-13(2)3/h2,4-12H2,1,3H3. The van der Waals surface area contributed by atoms with Crippen LogP contribution in [0.2, 0.25) is 0 Å². The third-order valence-electron chi connectivity index (χ3n) is 2.35. The van der Waals surface area contributed by atoms with Gasteiger partial charge in [0.15, 0.2) is 0 Å². The van der Waals surface area contributed by atoms with E-state index in [4.69, 9.17) is 4.74 Å². The summed E-state index contributed by atoms with van der Waals surface area (Å²) < 4.78 is 5.29. The number of ether oxygens (including phenoxy) is 1. The van der Waals surface area contributed by atoms with E-state index in [-0.39, 0.29) is 0 Å². The fraction of sp³-hybridized carbons (Fsp3) is 0.846. The van der Waals surface area contributed by atoms with Gasteiger partial charge in [-0.1, -0.05) is 58.4 Å². The van der Waals surface area contributed by atoms with Crippen LogP contribution in [0.4, 0.5) is 0 Å². The summed E-state index contributed by atoms with van der Waals surface area (Å²) in [6.07, 6.45) is 10.8. The SMILES string of the molecule is C=C(C)OCCCCCCCCCC.